The molecule has 2 aromatic rings. The Balaban J connectivity index is 1.60. The van der Waals surface area contributed by atoms with Gasteiger partial charge in [-0.25, -0.2) is 0 Å². The molecule has 176 valence electrons. The molecular formula is C21H20O12. The minimum atomic E-state index is -1.69. The number of benzene rings is 2. The quantitative estimate of drug-likeness (QED) is 0.209. The molecule has 2 aromatic carbocycles. The molecule has 0 spiro atoms. The fourth-order valence-corrected chi connectivity index (χ4v) is 3.49. The number of phenols is 4. The summed E-state index contributed by atoms with van der Waals surface area (Å²) in [6, 6.07) is 4.41. The molecule has 33 heavy (non-hydrogen) atoms. The number of hydrogen-bond donors (Lipinski definition) is 8. The number of phenolic OH excluding ortho intramolecular Hbond substituents is 4. The molecule has 8 N–H and O–H groups in total. The predicted octanol–water partition coefficient (Wildman–Crippen LogP) is -0.696. The van der Waals surface area contributed by atoms with Crippen molar-refractivity contribution in [3.63, 3.8) is 0 Å². The molecule has 4 rings (SSSR count). The van der Waals surface area contributed by atoms with Gasteiger partial charge >= 0.3 is 0 Å². The number of ether oxygens (including phenoxy) is 3. The standard InChI is InChI=1S/C21H20O12/c22-6-14-18(28)19(29)20(30)21(33-14)31-8-4-9(23)15-12(5-8)32-13(17(15)27)3-7-1-10(24)16(26)11(25)2-7/h1-5,14,18-26,28-30H,6H2/t14-,18-,19-,20-,21-/m0/s1. The van der Waals surface area contributed by atoms with Crippen molar-refractivity contribution in [1.82, 2.24) is 0 Å². The lowest BCUT2D eigenvalue weighted by Crippen LogP contribution is -2.60. The van der Waals surface area contributed by atoms with Crippen LogP contribution < -0.4 is 9.47 Å². The number of hydrogen-bond acceptors (Lipinski definition) is 12. The molecule has 0 radical (unpaired) electrons. The summed E-state index contributed by atoms with van der Waals surface area (Å²) >= 11 is 0. The molecule has 12 heteroatoms. The fraction of sp³-hybridized carbons (Fsp3) is 0.286. The Hall–Kier alpha value is -3.55. The number of aromatic hydroxyl groups is 4. The number of rotatable bonds is 4. The van der Waals surface area contributed by atoms with E-state index in [9.17, 15) is 45.6 Å². The lowest BCUT2D eigenvalue weighted by atomic mass is 9.99. The van der Waals surface area contributed by atoms with Gasteiger partial charge in [-0.2, -0.15) is 0 Å². The van der Waals surface area contributed by atoms with Crippen LogP contribution in [0.5, 0.6) is 34.5 Å². The van der Waals surface area contributed by atoms with Crippen molar-refractivity contribution in [3.8, 4) is 34.5 Å². The van der Waals surface area contributed by atoms with Gasteiger partial charge in [0, 0.05) is 12.1 Å². The van der Waals surface area contributed by atoms with Gasteiger partial charge in [-0.1, -0.05) is 0 Å². The van der Waals surface area contributed by atoms with Gasteiger partial charge in [-0.3, -0.25) is 4.79 Å². The summed E-state index contributed by atoms with van der Waals surface area (Å²) < 4.78 is 16.1. The molecule has 0 bridgehead atoms. The van der Waals surface area contributed by atoms with E-state index < -0.39 is 66.1 Å². The minimum absolute atomic E-state index is 0.113. The molecule has 0 unspecified atom stereocenters. The third kappa shape index (κ3) is 4.01. The first-order chi connectivity index (χ1) is 15.6. The zero-order valence-corrected chi connectivity index (χ0v) is 16.7. The smallest absolute Gasteiger partial charge is 0.235 e. The summed E-state index contributed by atoms with van der Waals surface area (Å²) in [5.41, 5.74) is -0.0779. The van der Waals surface area contributed by atoms with Crippen molar-refractivity contribution in [1.29, 1.82) is 0 Å². The largest absolute Gasteiger partial charge is 0.507 e. The normalized spacial score (nSPS) is 27.9. The summed E-state index contributed by atoms with van der Waals surface area (Å²) in [5.74, 6) is -3.72. The molecule has 0 aromatic heterocycles. The van der Waals surface area contributed by atoms with Crippen LogP contribution >= 0.6 is 0 Å². The monoisotopic (exact) mass is 464 g/mol. The van der Waals surface area contributed by atoms with E-state index in [0.29, 0.717) is 0 Å². The van der Waals surface area contributed by atoms with Crippen molar-refractivity contribution < 1.29 is 59.9 Å². The number of Topliss-reactive ketones (excluding diaryl/α,β-unsaturated/α-hetero) is 1. The SMILES string of the molecule is O=C1C(=Cc2cc(O)c(O)c(O)c2)Oc2cc(O[C@H]3O[C@@H](CO)[C@H](O)[C@H](O)[C@@H]3O)cc(O)c21. The molecule has 5 atom stereocenters. The Bertz CT molecular complexity index is 1100. The lowest BCUT2D eigenvalue weighted by molar-refractivity contribution is -0.277. The van der Waals surface area contributed by atoms with Gasteiger partial charge in [0.2, 0.25) is 12.1 Å². The van der Waals surface area contributed by atoms with Crippen LogP contribution in [0.4, 0.5) is 0 Å². The van der Waals surface area contributed by atoms with Crippen LogP contribution in [-0.4, -0.2) is 83.9 Å². The molecule has 0 amide bonds. The Labute approximate surface area is 185 Å². The Morgan fingerprint density at radius 2 is 1.58 bits per heavy atom. The van der Waals surface area contributed by atoms with E-state index in [0.717, 1.165) is 18.2 Å². The molecule has 2 aliphatic rings. The first-order valence-corrected chi connectivity index (χ1v) is 9.64. The summed E-state index contributed by atoms with van der Waals surface area (Å²) in [6.07, 6.45) is -6.50. The first-order valence-electron chi connectivity index (χ1n) is 9.64. The van der Waals surface area contributed by atoms with E-state index in [1.54, 1.807) is 0 Å². The molecule has 2 aliphatic heterocycles. The number of allylic oxidation sites excluding steroid dienone is 1. The summed E-state index contributed by atoms with van der Waals surface area (Å²) in [6.45, 7) is -0.658. The summed E-state index contributed by atoms with van der Waals surface area (Å²) in [4.78, 5) is 12.7. The van der Waals surface area contributed by atoms with Gasteiger partial charge < -0.3 is 55.1 Å². The van der Waals surface area contributed by atoms with Gasteiger partial charge in [0.1, 0.15) is 47.2 Å². The van der Waals surface area contributed by atoms with Crippen LogP contribution in [0.15, 0.2) is 30.0 Å². The van der Waals surface area contributed by atoms with Crippen molar-refractivity contribution in [3.05, 3.63) is 41.2 Å². The summed E-state index contributed by atoms with van der Waals surface area (Å²) in [5, 5.41) is 78.1. The maximum absolute atomic E-state index is 12.7. The minimum Gasteiger partial charge on any atom is -0.507 e. The van der Waals surface area contributed by atoms with Crippen molar-refractivity contribution in [2.24, 2.45) is 0 Å². The van der Waals surface area contributed by atoms with Gasteiger partial charge in [-0.05, 0) is 23.8 Å². The topological polar surface area (TPSA) is 207 Å². The zero-order chi connectivity index (χ0) is 24.0. The molecule has 0 aliphatic carbocycles. The second-order valence-corrected chi connectivity index (χ2v) is 7.48. The Morgan fingerprint density at radius 3 is 2.21 bits per heavy atom. The van der Waals surface area contributed by atoms with Gasteiger partial charge in [0.05, 0.1) is 6.61 Å². The van der Waals surface area contributed by atoms with E-state index in [4.69, 9.17) is 14.2 Å². The highest BCUT2D eigenvalue weighted by Gasteiger charge is 2.45. The van der Waals surface area contributed by atoms with E-state index in [1.807, 2.05) is 0 Å². The van der Waals surface area contributed by atoms with Gasteiger partial charge in [0.25, 0.3) is 0 Å². The van der Waals surface area contributed by atoms with Crippen molar-refractivity contribution in [2.45, 2.75) is 30.7 Å². The van der Waals surface area contributed by atoms with Crippen LogP contribution in [0.3, 0.4) is 0 Å². The maximum Gasteiger partial charge on any atom is 0.235 e. The van der Waals surface area contributed by atoms with E-state index >= 15 is 0 Å². The Morgan fingerprint density at radius 1 is 0.909 bits per heavy atom. The van der Waals surface area contributed by atoms with E-state index in [2.05, 4.69) is 0 Å². The number of aliphatic hydroxyl groups excluding tert-OH is 4. The maximum atomic E-state index is 12.7. The zero-order valence-electron chi connectivity index (χ0n) is 16.7. The molecular weight excluding hydrogens is 444 g/mol. The average Bonchev–Trinajstić information content (AvgIpc) is 3.07. The van der Waals surface area contributed by atoms with Crippen LogP contribution in [0.25, 0.3) is 6.08 Å². The van der Waals surface area contributed by atoms with Crippen LogP contribution in [0.2, 0.25) is 0 Å². The third-order valence-corrected chi connectivity index (χ3v) is 5.22. The predicted molar refractivity (Wildman–Crippen MR) is 107 cm³/mol. The highest BCUT2D eigenvalue weighted by molar-refractivity contribution is 6.16. The second-order valence-electron chi connectivity index (χ2n) is 7.48. The molecule has 12 nitrogen and oxygen atoms in total. The van der Waals surface area contributed by atoms with Gasteiger partial charge in [-0.15, -0.1) is 0 Å². The fourth-order valence-electron chi connectivity index (χ4n) is 3.49. The third-order valence-electron chi connectivity index (χ3n) is 5.22. The van der Waals surface area contributed by atoms with E-state index in [1.165, 1.54) is 12.1 Å². The first kappa shape index (κ1) is 22.6. The van der Waals surface area contributed by atoms with Crippen LogP contribution in [0, 0.1) is 0 Å². The van der Waals surface area contributed by atoms with Crippen LogP contribution in [-0.2, 0) is 4.74 Å². The second kappa shape index (κ2) is 8.42. The number of aliphatic hydroxyl groups is 4. The molecule has 2 heterocycles. The lowest BCUT2D eigenvalue weighted by Gasteiger charge is -2.39. The van der Waals surface area contributed by atoms with Crippen molar-refractivity contribution >= 4 is 11.9 Å². The molecule has 1 fully saturated rings. The highest BCUT2D eigenvalue weighted by atomic mass is 16.7. The highest BCUT2D eigenvalue weighted by Crippen LogP contribution is 2.42. The summed E-state index contributed by atoms with van der Waals surface area (Å²) in [7, 11) is 0. The van der Waals surface area contributed by atoms with E-state index in [-0.39, 0.29) is 28.4 Å². The molecule has 1 saturated heterocycles. The van der Waals surface area contributed by atoms with Gasteiger partial charge in [0.15, 0.2) is 23.0 Å². The Kier molecular flexibility index (Phi) is 5.78. The number of carbonyl (C=O) groups is 1. The average molecular weight is 464 g/mol. The number of ketones is 1. The van der Waals surface area contributed by atoms with Crippen molar-refractivity contribution in [2.75, 3.05) is 6.61 Å². The van der Waals surface area contributed by atoms with Crippen LogP contribution in [0.1, 0.15) is 15.9 Å². The number of carbonyl (C=O) groups excluding carboxylic acids is 1. The molecule has 0 saturated carbocycles. The number of fused-ring (bicyclic) bond motifs is 1.